The van der Waals surface area contributed by atoms with E-state index in [1.807, 2.05) is 0 Å². The minimum atomic E-state index is -2.31. The molecule has 2 amide bonds. The van der Waals surface area contributed by atoms with E-state index in [1.54, 1.807) is 0 Å². The highest BCUT2D eigenvalue weighted by Gasteiger charge is 2.58. The summed E-state index contributed by atoms with van der Waals surface area (Å²) in [4.78, 5) is 12.0. The van der Waals surface area contributed by atoms with Crippen molar-refractivity contribution in [2.24, 2.45) is 5.73 Å². The third-order valence-electron chi connectivity index (χ3n) is 13.8. The maximum atomic E-state index is 12.0. The predicted molar refractivity (Wildman–Crippen MR) is 238 cm³/mol. The largest absolute Gasteiger partial charge is 0.394 e. The Morgan fingerprint density at radius 1 is 0.351 bits per heavy atom. The summed E-state index contributed by atoms with van der Waals surface area (Å²) in [6, 6.07) is -0.559. The summed E-state index contributed by atoms with van der Waals surface area (Å²) in [6.45, 7) is -5.66. The molecule has 0 aliphatic carbocycles. The van der Waals surface area contributed by atoms with Crippen LogP contribution in [-0.4, -0.2) is 353 Å². The number of ether oxygens (including phenoxy) is 12. The van der Waals surface area contributed by atoms with E-state index in [-0.39, 0.29) is 19.7 Å². The topological polar surface area (TPSA) is 562 Å². The standard InChI is InChI=1S/C42H75N3O32/c43-2-1-3-44-42(65)45-4-5-66-36-27(61)31(20(54)14(8-48)67-36)74-39-30(64)34(23(57)17(11-51)70-39)76-41-35(25(59)19(53)13(7-47)72-41)77-40-29(63)33(22(56)16(10-50)71-40)75-38-28(62)32(21(55)15(9-49)69-38)73-37-26(60)24(58)18(52)12(6-46)68-37/h12-41,46-64H,1-11,43H2,(H2,44,45,65)/t12?,13?,14?,15?,16?,17?,18-,19-,20-,21-,22-,23-,24+,25+,26?,27?,28?,29?,30?,31+,32+,33+,34+,35?,36+,37-,38-,39-,40-,41-/m1/s1. The first-order valence-electron chi connectivity index (χ1n) is 24.7. The van der Waals surface area contributed by atoms with E-state index in [9.17, 15) is 102 Å². The zero-order valence-corrected chi connectivity index (χ0v) is 41.0. The lowest BCUT2D eigenvalue weighted by atomic mass is 9.95. The smallest absolute Gasteiger partial charge is 0.314 e. The van der Waals surface area contributed by atoms with Gasteiger partial charge < -0.3 is 170 Å². The quantitative estimate of drug-likeness (QED) is 0.0423. The Bertz CT molecular complexity index is 1760. The van der Waals surface area contributed by atoms with Crippen LogP contribution in [0.2, 0.25) is 0 Å². The average Bonchev–Trinajstić information content (AvgIpc) is 3.42. The molecular formula is C42H75N3O32. The third kappa shape index (κ3) is 14.6. The van der Waals surface area contributed by atoms with Crippen molar-refractivity contribution in [3.63, 3.8) is 0 Å². The first-order chi connectivity index (χ1) is 36.7. The number of hydrogen-bond donors (Lipinski definition) is 22. The number of aliphatic hydroxyl groups excluding tert-OH is 19. The van der Waals surface area contributed by atoms with E-state index >= 15 is 0 Å². The summed E-state index contributed by atoms with van der Waals surface area (Å²) in [5, 5.41) is 210. The first-order valence-corrected chi connectivity index (χ1v) is 24.7. The molecular weight excluding hydrogens is 1060 g/mol. The highest BCUT2D eigenvalue weighted by atomic mass is 16.8. The SMILES string of the molecule is NCCCNC(=O)NCCO[C@H]1OC(CO)[C@@H](O)[C@H](O[C@H]2OC(CO)[C@@H](O)[C@H](O[C@H]3OC(CO)[C@@H](O)[C@H](O)C3O[C@H]3OC(CO)[C@@H](O)[C@H](O[C@H]4OC(CO)[C@@H](O)[C@H](O[C@H]5OC(CO)[C@@H](O)[C@H](O)C5O)C4O)C3O)C2O)C1O. The fourth-order valence-corrected chi connectivity index (χ4v) is 9.30. The number of hydrogen-bond acceptors (Lipinski definition) is 33. The molecule has 35 nitrogen and oxygen atoms in total. The summed E-state index contributed by atoms with van der Waals surface area (Å²) in [6.07, 6.45) is -58.5. The maximum absolute atomic E-state index is 12.0. The summed E-state index contributed by atoms with van der Waals surface area (Å²) in [5.41, 5.74) is 5.42. The van der Waals surface area contributed by atoms with Gasteiger partial charge >= 0.3 is 6.03 Å². The van der Waals surface area contributed by atoms with E-state index in [2.05, 4.69) is 10.6 Å². The van der Waals surface area contributed by atoms with Crippen LogP contribution in [0, 0.1) is 0 Å². The molecule has 0 aromatic heterocycles. The normalized spacial score (nSPS) is 47.8. The number of urea groups is 1. The highest BCUT2D eigenvalue weighted by Crippen LogP contribution is 2.37. The van der Waals surface area contributed by atoms with Gasteiger partial charge in [0, 0.05) is 13.1 Å². The van der Waals surface area contributed by atoms with Crippen LogP contribution < -0.4 is 16.4 Å². The Labute approximate surface area is 437 Å². The number of nitrogens with one attached hydrogen (secondary N) is 2. The zero-order chi connectivity index (χ0) is 56.6. The van der Waals surface area contributed by atoms with Crippen molar-refractivity contribution in [1.29, 1.82) is 0 Å². The van der Waals surface area contributed by atoms with Crippen molar-refractivity contribution in [1.82, 2.24) is 10.6 Å². The van der Waals surface area contributed by atoms with E-state index in [0.29, 0.717) is 13.0 Å². The van der Waals surface area contributed by atoms with Crippen LogP contribution in [0.4, 0.5) is 4.79 Å². The lowest BCUT2D eigenvalue weighted by Crippen LogP contribution is -2.68. The Kier molecular flexibility index (Phi) is 24.4. The Morgan fingerprint density at radius 3 is 1.04 bits per heavy atom. The molecule has 23 N–H and O–H groups in total. The van der Waals surface area contributed by atoms with E-state index in [4.69, 9.17) is 62.6 Å². The lowest BCUT2D eigenvalue weighted by Gasteiger charge is -2.50. The van der Waals surface area contributed by atoms with Gasteiger partial charge in [0.1, 0.15) is 146 Å². The van der Waals surface area contributed by atoms with Gasteiger partial charge in [0.25, 0.3) is 0 Å². The number of amides is 2. The zero-order valence-electron chi connectivity index (χ0n) is 41.0. The molecule has 6 saturated heterocycles. The number of carbonyl (C=O) groups is 1. The minimum Gasteiger partial charge on any atom is -0.394 e. The van der Waals surface area contributed by atoms with Crippen LogP contribution in [-0.2, 0) is 56.8 Å². The van der Waals surface area contributed by atoms with Crippen molar-refractivity contribution < 1.29 is 159 Å². The van der Waals surface area contributed by atoms with E-state index in [0.717, 1.165) is 0 Å². The molecule has 12 unspecified atom stereocenters. The molecule has 6 aliphatic rings. The molecule has 6 heterocycles. The van der Waals surface area contributed by atoms with Crippen LogP contribution in [0.15, 0.2) is 0 Å². The van der Waals surface area contributed by atoms with Gasteiger partial charge in [-0.1, -0.05) is 0 Å². The van der Waals surface area contributed by atoms with Gasteiger partial charge in [-0.3, -0.25) is 0 Å². The second-order valence-corrected chi connectivity index (χ2v) is 18.9. The van der Waals surface area contributed by atoms with Crippen LogP contribution >= 0.6 is 0 Å². The third-order valence-corrected chi connectivity index (χ3v) is 13.8. The molecule has 6 aliphatic heterocycles. The van der Waals surface area contributed by atoms with Gasteiger partial charge in [-0.25, -0.2) is 4.79 Å². The highest BCUT2D eigenvalue weighted by molar-refractivity contribution is 5.73. The fourth-order valence-electron chi connectivity index (χ4n) is 9.30. The fraction of sp³-hybridized carbons (Fsp3) is 0.976. The molecule has 0 spiro atoms. The van der Waals surface area contributed by atoms with Crippen molar-refractivity contribution in [3.8, 4) is 0 Å². The van der Waals surface area contributed by atoms with Crippen molar-refractivity contribution >= 4 is 6.03 Å². The van der Waals surface area contributed by atoms with Gasteiger partial charge in [-0.05, 0) is 13.0 Å². The number of nitrogens with two attached hydrogens (primary N) is 1. The van der Waals surface area contributed by atoms with Crippen LogP contribution in [0.1, 0.15) is 6.42 Å². The summed E-state index contributed by atoms with van der Waals surface area (Å²) in [7, 11) is 0. The minimum absolute atomic E-state index is 0.119. The Morgan fingerprint density at radius 2 is 0.649 bits per heavy atom. The van der Waals surface area contributed by atoms with Gasteiger partial charge in [0.15, 0.2) is 37.7 Å². The monoisotopic (exact) mass is 1130 g/mol. The van der Waals surface area contributed by atoms with E-state index in [1.165, 1.54) is 0 Å². The molecule has 6 rings (SSSR count). The molecule has 0 aromatic rings. The second-order valence-electron chi connectivity index (χ2n) is 18.9. The Balaban J connectivity index is 1.19. The summed E-state index contributed by atoms with van der Waals surface area (Å²) >= 11 is 0. The van der Waals surface area contributed by atoms with E-state index < -0.39 is 230 Å². The molecule has 35 heteroatoms. The molecule has 0 radical (unpaired) electrons. The molecule has 77 heavy (non-hydrogen) atoms. The molecule has 0 aromatic carbocycles. The van der Waals surface area contributed by atoms with Gasteiger partial charge in [0.05, 0.1) is 46.2 Å². The first kappa shape index (κ1) is 64.2. The van der Waals surface area contributed by atoms with Crippen LogP contribution in [0.5, 0.6) is 0 Å². The van der Waals surface area contributed by atoms with Crippen LogP contribution in [0.25, 0.3) is 0 Å². The van der Waals surface area contributed by atoms with Gasteiger partial charge in [0.2, 0.25) is 0 Å². The van der Waals surface area contributed by atoms with Crippen molar-refractivity contribution in [3.05, 3.63) is 0 Å². The average molecular weight is 1130 g/mol. The van der Waals surface area contributed by atoms with Gasteiger partial charge in [-0.2, -0.15) is 0 Å². The second kappa shape index (κ2) is 29.3. The number of rotatable bonds is 23. The molecule has 0 saturated carbocycles. The van der Waals surface area contributed by atoms with Gasteiger partial charge in [-0.15, -0.1) is 0 Å². The Hall–Kier alpha value is -2.01. The predicted octanol–water partition coefficient (Wildman–Crippen LogP) is -14.4. The van der Waals surface area contributed by atoms with Crippen molar-refractivity contribution in [2.45, 2.75) is 191 Å². The molecule has 6 fully saturated rings. The summed E-state index contributed by atoms with van der Waals surface area (Å²) < 4.78 is 67.8. The maximum Gasteiger partial charge on any atom is 0.314 e. The molecule has 450 valence electrons. The number of aliphatic hydroxyl groups is 19. The molecule has 30 atom stereocenters. The number of carbonyl (C=O) groups excluding carboxylic acids is 1. The molecule has 0 bridgehead atoms. The lowest BCUT2D eigenvalue weighted by molar-refractivity contribution is -0.404. The van der Waals surface area contributed by atoms with Crippen LogP contribution in [0.3, 0.4) is 0 Å². The van der Waals surface area contributed by atoms with Crippen molar-refractivity contribution in [2.75, 3.05) is 65.9 Å². The summed E-state index contributed by atoms with van der Waals surface area (Å²) in [5.74, 6) is 0.